The van der Waals surface area contributed by atoms with Crippen LogP contribution in [0.1, 0.15) is 53.1 Å². The molecule has 3 aromatic rings. The molecule has 1 fully saturated rings. The molecule has 0 bridgehead atoms. The smallest absolute Gasteiger partial charge is 0.256 e. The first-order valence-corrected chi connectivity index (χ1v) is 9.04. The van der Waals surface area contributed by atoms with Crippen molar-refractivity contribution in [2.75, 3.05) is 5.32 Å². The fourth-order valence-corrected chi connectivity index (χ4v) is 3.24. The predicted octanol–water partition coefficient (Wildman–Crippen LogP) is 3.97. The molecule has 1 aliphatic rings. The maximum absolute atomic E-state index is 12.8. The van der Waals surface area contributed by atoms with Crippen LogP contribution in [0.5, 0.6) is 0 Å². The standard InChI is InChI=1S/C20H23N5O/c1-11-10-21-25(14(4)15-5-6-15)19(11)24-20(26)16-7-8-17-18(9-16)23-13(3)12(2)22-17/h7-10,14-15H,5-6H2,1-4H3,(H,24,26)/t14-/m1/s1. The lowest BCUT2D eigenvalue weighted by Crippen LogP contribution is -2.19. The van der Waals surface area contributed by atoms with Crippen LogP contribution in [-0.4, -0.2) is 25.7 Å². The quantitative estimate of drug-likeness (QED) is 0.773. The number of carbonyl (C=O) groups excluding carboxylic acids is 1. The third-order valence-electron chi connectivity index (χ3n) is 5.24. The number of anilines is 1. The molecule has 0 radical (unpaired) electrons. The molecule has 134 valence electrons. The first-order chi connectivity index (χ1) is 12.4. The number of hydrogen-bond donors (Lipinski definition) is 1. The number of carbonyl (C=O) groups is 1. The Labute approximate surface area is 152 Å². The monoisotopic (exact) mass is 349 g/mol. The van der Waals surface area contributed by atoms with E-state index >= 15 is 0 Å². The van der Waals surface area contributed by atoms with E-state index in [-0.39, 0.29) is 5.91 Å². The number of rotatable bonds is 4. The van der Waals surface area contributed by atoms with Crippen LogP contribution in [0, 0.1) is 26.7 Å². The van der Waals surface area contributed by atoms with Gasteiger partial charge in [-0.2, -0.15) is 5.10 Å². The highest BCUT2D eigenvalue weighted by molar-refractivity contribution is 6.05. The molecule has 1 N–H and O–H groups in total. The first kappa shape index (κ1) is 16.7. The van der Waals surface area contributed by atoms with E-state index in [9.17, 15) is 4.79 Å². The summed E-state index contributed by atoms with van der Waals surface area (Å²) in [4.78, 5) is 21.9. The zero-order valence-electron chi connectivity index (χ0n) is 15.6. The predicted molar refractivity (Wildman–Crippen MR) is 101 cm³/mol. The second-order valence-corrected chi connectivity index (χ2v) is 7.25. The highest BCUT2D eigenvalue weighted by atomic mass is 16.1. The van der Waals surface area contributed by atoms with Crippen molar-refractivity contribution in [3.63, 3.8) is 0 Å². The summed E-state index contributed by atoms with van der Waals surface area (Å²) in [5.74, 6) is 1.28. The van der Waals surface area contributed by atoms with Crippen molar-refractivity contribution >= 4 is 22.8 Å². The third-order valence-corrected chi connectivity index (χ3v) is 5.24. The largest absolute Gasteiger partial charge is 0.307 e. The molecular formula is C20H23N5O. The molecule has 0 spiro atoms. The first-order valence-electron chi connectivity index (χ1n) is 9.04. The number of fused-ring (bicyclic) bond motifs is 1. The molecule has 1 saturated carbocycles. The van der Waals surface area contributed by atoms with Crippen molar-refractivity contribution in [2.45, 2.75) is 46.6 Å². The topological polar surface area (TPSA) is 72.7 Å². The molecule has 26 heavy (non-hydrogen) atoms. The van der Waals surface area contributed by atoms with Crippen LogP contribution >= 0.6 is 0 Å². The molecule has 0 aliphatic heterocycles. The van der Waals surface area contributed by atoms with Gasteiger partial charge in [0.2, 0.25) is 0 Å². The van der Waals surface area contributed by atoms with Crippen LogP contribution in [0.4, 0.5) is 5.82 Å². The molecule has 1 aliphatic carbocycles. The SMILES string of the molecule is Cc1cnn([C@H](C)C2CC2)c1NC(=O)c1ccc2nc(C)c(C)nc2c1. The van der Waals surface area contributed by atoms with Crippen LogP contribution in [0.15, 0.2) is 24.4 Å². The van der Waals surface area contributed by atoms with Crippen molar-refractivity contribution in [1.29, 1.82) is 0 Å². The van der Waals surface area contributed by atoms with E-state index in [0.29, 0.717) is 17.5 Å². The number of nitrogens with one attached hydrogen (secondary N) is 1. The van der Waals surface area contributed by atoms with Crippen LogP contribution in [0.25, 0.3) is 11.0 Å². The van der Waals surface area contributed by atoms with Crippen molar-refractivity contribution in [3.8, 4) is 0 Å². The van der Waals surface area contributed by atoms with Gasteiger partial charge in [0.1, 0.15) is 5.82 Å². The highest BCUT2D eigenvalue weighted by Crippen LogP contribution is 2.40. The summed E-state index contributed by atoms with van der Waals surface area (Å²) in [5, 5.41) is 7.52. The summed E-state index contributed by atoms with van der Waals surface area (Å²) < 4.78 is 1.94. The summed E-state index contributed by atoms with van der Waals surface area (Å²) in [7, 11) is 0. The molecular weight excluding hydrogens is 326 g/mol. The molecule has 6 nitrogen and oxygen atoms in total. The number of hydrogen-bond acceptors (Lipinski definition) is 4. The van der Waals surface area contributed by atoms with E-state index in [1.165, 1.54) is 12.8 Å². The van der Waals surface area contributed by atoms with Gasteiger partial charge in [0.25, 0.3) is 5.91 Å². The summed E-state index contributed by atoms with van der Waals surface area (Å²) >= 11 is 0. The normalized spacial score (nSPS) is 15.2. The van der Waals surface area contributed by atoms with Gasteiger partial charge in [-0.25, -0.2) is 14.6 Å². The van der Waals surface area contributed by atoms with E-state index < -0.39 is 0 Å². The Morgan fingerprint density at radius 2 is 1.85 bits per heavy atom. The Morgan fingerprint density at radius 3 is 2.54 bits per heavy atom. The van der Waals surface area contributed by atoms with Crippen LogP contribution < -0.4 is 5.32 Å². The Kier molecular flexibility index (Phi) is 3.98. The maximum atomic E-state index is 12.8. The number of benzene rings is 1. The molecule has 1 aromatic carbocycles. The van der Waals surface area contributed by atoms with Crippen LogP contribution in [-0.2, 0) is 0 Å². The molecule has 1 atom stereocenters. The molecule has 2 aromatic heterocycles. The third kappa shape index (κ3) is 2.96. The van der Waals surface area contributed by atoms with Crippen molar-refractivity contribution in [2.24, 2.45) is 5.92 Å². The molecule has 6 heteroatoms. The fraction of sp³-hybridized carbons (Fsp3) is 0.400. The average Bonchev–Trinajstić information content (AvgIpc) is 3.40. The minimum absolute atomic E-state index is 0.153. The van der Waals surface area contributed by atoms with E-state index in [1.807, 2.05) is 37.7 Å². The van der Waals surface area contributed by atoms with E-state index in [4.69, 9.17) is 0 Å². The lowest BCUT2D eigenvalue weighted by Gasteiger charge is -2.16. The minimum Gasteiger partial charge on any atom is -0.307 e. The number of nitrogens with zero attached hydrogens (tertiary/aromatic N) is 4. The zero-order chi connectivity index (χ0) is 18.4. The molecule has 2 heterocycles. The van der Waals surface area contributed by atoms with Crippen molar-refractivity contribution < 1.29 is 4.79 Å². The zero-order valence-corrected chi connectivity index (χ0v) is 15.6. The molecule has 0 unspecified atom stereocenters. The van der Waals surface area contributed by atoms with Gasteiger partial charge in [-0.3, -0.25) is 4.79 Å². The summed E-state index contributed by atoms with van der Waals surface area (Å²) in [5.41, 5.74) is 4.86. The van der Waals surface area contributed by atoms with Gasteiger partial charge in [0.15, 0.2) is 0 Å². The van der Waals surface area contributed by atoms with E-state index in [1.54, 1.807) is 12.1 Å². The number of amides is 1. The Morgan fingerprint density at radius 1 is 1.15 bits per heavy atom. The Hall–Kier alpha value is -2.76. The maximum Gasteiger partial charge on any atom is 0.256 e. The fourth-order valence-electron chi connectivity index (χ4n) is 3.24. The Bertz CT molecular complexity index is 1000. The lowest BCUT2D eigenvalue weighted by atomic mass is 10.1. The van der Waals surface area contributed by atoms with Crippen molar-refractivity contribution in [3.05, 3.63) is 46.9 Å². The van der Waals surface area contributed by atoms with E-state index in [0.717, 1.165) is 33.8 Å². The summed E-state index contributed by atoms with van der Waals surface area (Å²) in [6.07, 6.45) is 4.28. The van der Waals surface area contributed by atoms with Gasteiger partial charge in [0, 0.05) is 11.1 Å². The summed E-state index contributed by atoms with van der Waals surface area (Å²) in [6, 6.07) is 5.74. The van der Waals surface area contributed by atoms with Crippen LogP contribution in [0.3, 0.4) is 0 Å². The summed E-state index contributed by atoms with van der Waals surface area (Å²) in [6.45, 7) is 8.00. The lowest BCUT2D eigenvalue weighted by molar-refractivity contribution is 0.102. The van der Waals surface area contributed by atoms with E-state index in [2.05, 4.69) is 27.3 Å². The van der Waals surface area contributed by atoms with Gasteiger partial charge >= 0.3 is 0 Å². The molecule has 1 amide bonds. The number of aromatic nitrogens is 4. The van der Waals surface area contributed by atoms with Gasteiger partial charge in [-0.05, 0) is 64.7 Å². The average molecular weight is 349 g/mol. The minimum atomic E-state index is -0.153. The van der Waals surface area contributed by atoms with Crippen molar-refractivity contribution in [1.82, 2.24) is 19.7 Å². The van der Waals surface area contributed by atoms with Gasteiger partial charge in [-0.1, -0.05) is 0 Å². The molecule has 0 saturated heterocycles. The van der Waals surface area contributed by atoms with Gasteiger partial charge in [0.05, 0.1) is 34.7 Å². The number of aryl methyl sites for hydroxylation is 3. The highest BCUT2D eigenvalue weighted by Gasteiger charge is 2.31. The second-order valence-electron chi connectivity index (χ2n) is 7.25. The second kappa shape index (κ2) is 6.20. The van der Waals surface area contributed by atoms with Gasteiger partial charge < -0.3 is 5.32 Å². The Balaban J connectivity index is 1.63. The van der Waals surface area contributed by atoms with Crippen LogP contribution in [0.2, 0.25) is 0 Å². The van der Waals surface area contributed by atoms with Gasteiger partial charge in [-0.15, -0.1) is 0 Å². The molecule has 4 rings (SSSR count).